The summed E-state index contributed by atoms with van der Waals surface area (Å²) >= 11 is 0. The summed E-state index contributed by atoms with van der Waals surface area (Å²) < 4.78 is 0. The third kappa shape index (κ3) is 5.03. The van der Waals surface area contributed by atoms with Gasteiger partial charge in [-0.15, -0.1) is 5.92 Å². The van der Waals surface area contributed by atoms with Crippen LogP contribution in [0.5, 0.6) is 0 Å². The Hall–Kier alpha value is -0.970. The van der Waals surface area contributed by atoms with Gasteiger partial charge in [0.2, 0.25) is 0 Å². The van der Waals surface area contributed by atoms with Crippen molar-refractivity contribution in [2.45, 2.75) is 6.92 Å². The zero-order chi connectivity index (χ0) is 5.54. The van der Waals surface area contributed by atoms with E-state index in [0.29, 0.717) is 6.54 Å². The van der Waals surface area contributed by atoms with Crippen molar-refractivity contribution in [3.8, 4) is 11.8 Å². The van der Waals surface area contributed by atoms with Crippen LogP contribution in [-0.4, -0.2) is 13.0 Å². The zero-order valence-corrected chi connectivity index (χ0v) is 4.12. The molecule has 0 saturated carbocycles. The molecule has 1 radical (unpaired) electrons. The molecule has 37 valence electrons. The minimum atomic E-state index is 0.403. The highest BCUT2D eigenvalue weighted by atomic mass is 16.1. The van der Waals surface area contributed by atoms with E-state index < -0.39 is 0 Å². The first-order valence-corrected chi connectivity index (χ1v) is 1.91. The van der Waals surface area contributed by atoms with Crippen LogP contribution in [0.2, 0.25) is 0 Å². The van der Waals surface area contributed by atoms with Gasteiger partial charge in [-0.1, -0.05) is 5.92 Å². The molecule has 7 heavy (non-hydrogen) atoms. The number of nitrogens with one attached hydrogen (secondary N) is 1. The summed E-state index contributed by atoms with van der Waals surface area (Å²) in [6.45, 7) is 2.12. The Kier molecular flexibility index (Phi) is 4.33. The average molecular weight is 96.1 g/mol. The van der Waals surface area contributed by atoms with Crippen molar-refractivity contribution in [1.82, 2.24) is 5.32 Å². The van der Waals surface area contributed by atoms with E-state index in [-0.39, 0.29) is 0 Å². The summed E-state index contributed by atoms with van der Waals surface area (Å²) in [5.74, 6) is 5.24. The Morgan fingerprint density at radius 1 is 1.71 bits per heavy atom. The number of hydrogen-bond donors (Lipinski definition) is 1. The second-order valence-electron chi connectivity index (χ2n) is 0.882. The Balaban J connectivity index is 2.92. The molecule has 2 heteroatoms. The lowest BCUT2D eigenvalue weighted by atomic mass is 10.6. The Labute approximate surface area is 42.9 Å². The molecule has 1 N–H and O–H groups in total. The third-order valence-electron chi connectivity index (χ3n) is 0.426. The molecular weight excluding hydrogens is 90.1 g/mol. The molecule has 0 aromatic heterocycles. The molecule has 0 aliphatic rings. The molecule has 0 atom stereocenters. The van der Waals surface area contributed by atoms with E-state index in [1.54, 1.807) is 6.92 Å². The highest BCUT2D eigenvalue weighted by molar-refractivity contribution is 5.47. The predicted molar refractivity (Wildman–Crippen MR) is 27.1 cm³/mol. The van der Waals surface area contributed by atoms with E-state index in [2.05, 4.69) is 17.2 Å². The van der Waals surface area contributed by atoms with E-state index in [1.807, 2.05) is 0 Å². The predicted octanol–water partition coefficient (Wildman–Crippen LogP) is -0.333. The minimum absolute atomic E-state index is 0.403. The van der Waals surface area contributed by atoms with E-state index in [0.717, 1.165) is 0 Å². The number of rotatable bonds is 2. The number of amides is 1. The summed E-state index contributed by atoms with van der Waals surface area (Å²) in [4.78, 5) is 9.38. The lowest BCUT2D eigenvalue weighted by Gasteiger charge is -1.78. The van der Waals surface area contributed by atoms with Crippen LogP contribution >= 0.6 is 0 Å². The summed E-state index contributed by atoms with van der Waals surface area (Å²) in [6.07, 6.45) is 1.50. The van der Waals surface area contributed by atoms with Crippen LogP contribution in [0.1, 0.15) is 6.92 Å². The first-order valence-electron chi connectivity index (χ1n) is 1.91. The topological polar surface area (TPSA) is 29.1 Å². The molecule has 0 unspecified atom stereocenters. The lowest BCUT2D eigenvalue weighted by molar-refractivity contribution is 0.546. The Morgan fingerprint density at radius 2 is 2.43 bits per heavy atom. The molecule has 0 rings (SSSR count). The molecule has 0 aliphatic heterocycles. The van der Waals surface area contributed by atoms with Gasteiger partial charge in [0, 0.05) is 0 Å². The summed E-state index contributed by atoms with van der Waals surface area (Å²) in [6, 6.07) is 0. The fourth-order valence-electron chi connectivity index (χ4n) is 0.169. The van der Waals surface area contributed by atoms with Crippen molar-refractivity contribution < 1.29 is 4.79 Å². The van der Waals surface area contributed by atoms with Gasteiger partial charge in [0.05, 0.1) is 6.54 Å². The van der Waals surface area contributed by atoms with E-state index >= 15 is 0 Å². The van der Waals surface area contributed by atoms with E-state index in [1.165, 1.54) is 6.41 Å². The van der Waals surface area contributed by atoms with Gasteiger partial charge in [-0.25, -0.2) is 0 Å². The van der Waals surface area contributed by atoms with Crippen molar-refractivity contribution >= 4 is 6.41 Å². The van der Waals surface area contributed by atoms with Crippen LogP contribution in [0.15, 0.2) is 0 Å². The van der Waals surface area contributed by atoms with Gasteiger partial charge in [0.25, 0.3) is 0 Å². The second kappa shape index (κ2) is 5.03. The zero-order valence-electron chi connectivity index (χ0n) is 4.12. The van der Waals surface area contributed by atoms with Gasteiger partial charge in [-0.2, -0.15) is 0 Å². The van der Waals surface area contributed by atoms with Gasteiger partial charge in [0.1, 0.15) is 0 Å². The molecule has 0 aromatic rings. The fourth-order valence-corrected chi connectivity index (χ4v) is 0.169. The van der Waals surface area contributed by atoms with Crippen molar-refractivity contribution in [2.75, 3.05) is 6.54 Å². The first-order chi connectivity index (χ1) is 3.41. The molecule has 2 nitrogen and oxygen atoms in total. The maximum Gasteiger partial charge on any atom is 0.310 e. The molecule has 0 spiro atoms. The minimum Gasteiger partial charge on any atom is -0.337 e. The third-order valence-corrected chi connectivity index (χ3v) is 0.426. The quantitative estimate of drug-likeness (QED) is 0.284. The van der Waals surface area contributed by atoms with Gasteiger partial charge >= 0.3 is 6.41 Å². The molecule has 0 fully saturated rings. The maximum atomic E-state index is 9.38. The molecule has 0 heterocycles. The number of carbonyl (C=O) groups excluding carboxylic acids is 1. The standard InChI is InChI=1S/C5H6NO/c1-2-3-4-6-5-7/h4H2,1H3,(H,6,7). The summed E-state index contributed by atoms with van der Waals surface area (Å²) in [5.41, 5.74) is 0. The number of hydrogen-bond acceptors (Lipinski definition) is 1. The van der Waals surface area contributed by atoms with Gasteiger partial charge in [-0.05, 0) is 6.92 Å². The monoisotopic (exact) mass is 96.0 g/mol. The Morgan fingerprint density at radius 3 is 2.86 bits per heavy atom. The SMILES string of the molecule is CC#CCN[C]=O. The smallest absolute Gasteiger partial charge is 0.310 e. The highest BCUT2D eigenvalue weighted by Gasteiger charge is 1.67. The Bertz CT molecular complexity index is 98.4. The van der Waals surface area contributed by atoms with Crippen molar-refractivity contribution in [3.63, 3.8) is 0 Å². The maximum absolute atomic E-state index is 9.38. The average Bonchev–Trinajstić information content (AvgIpc) is 1.69. The van der Waals surface area contributed by atoms with Crippen molar-refractivity contribution in [1.29, 1.82) is 0 Å². The molecule has 0 aromatic carbocycles. The van der Waals surface area contributed by atoms with Gasteiger partial charge in [-0.3, -0.25) is 4.79 Å². The molecule has 0 aliphatic carbocycles. The summed E-state index contributed by atoms with van der Waals surface area (Å²) in [7, 11) is 0. The van der Waals surface area contributed by atoms with Crippen molar-refractivity contribution in [3.05, 3.63) is 0 Å². The van der Waals surface area contributed by atoms with E-state index in [9.17, 15) is 4.79 Å². The van der Waals surface area contributed by atoms with E-state index in [4.69, 9.17) is 0 Å². The molecular formula is C5H6NO. The van der Waals surface area contributed by atoms with Gasteiger partial charge < -0.3 is 5.32 Å². The largest absolute Gasteiger partial charge is 0.337 e. The van der Waals surface area contributed by atoms with Crippen LogP contribution in [0, 0.1) is 11.8 Å². The molecule has 0 saturated heterocycles. The van der Waals surface area contributed by atoms with Crippen LogP contribution in [0.3, 0.4) is 0 Å². The van der Waals surface area contributed by atoms with Crippen molar-refractivity contribution in [2.24, 2.45) is 0 Å². The second-order valence-corrected chi connectivity index (χ2v) is 0.882. The molecule has 0 bridgehead atoms. The summed E-state index contributed by atoms with van der Waals surface area (Å²) in [5, 5.41) is 2.27. The van der Waals surface area contributed by atoms with Crippen LogP contribution in [-0.2, 0) is 4.79 Å². The van der Waals surface area contributed by atoms with Crippen LogP contribution in [0.4, 0.5) is 0 Å². The lowest BCUT2D eigenvalue weighted by Crippen LogP contribution is -2.09. The van der Waals surface area contributed by atoms with Crippen LogP contribution in [0.25, 0.3) is 0 Å². The van der Waals surface area contributed by atoms with Crippen LogP contribution < -0.4 is 5.32 Å². The van der Waals surface area contributed by atoms with Gasteiger partial charge in [0.15, 0.2) is 0 Å². The highest BCUT2D eigenvalue weighted by Crippen LogP contribution is 1.47. The fraction of sp³-hybridized carbons (Fsp3) is 0.400. The first kappa shape index (κ1) is 6.03. The normalized spacial score (nSPS) is 5.86. The molecule has 1 amide bonds.